The highest BCUT2D eigenvalue weighted by Crippen LogP contribution is 2.39. The number of aryl methyl sites for hydroxylation is 2. The third kappa shape index (κ3) is 1.39. The van der Waals surface area contributed by atoms with Gasteiger partial charge < -0.3 is 0 Å². The predicted octanol–water partition coefficient (Wildman–Crippen LogP) is 5.96. The molecule has 4 aromatic carbocycles. The van der Waals surface area contributed by atoms with E-state index in [-0.39, 0.29) is 0 Å². The van der Waals surface area contributed by atoms with Crippen LogP contribution in [0.1, 0.15) is 11.1 Å². The lowest BCUT2D eigenvalue weighted by molar-refractivity contribution is 1.52. The van der Waals surface area contributed by atoms with Gasteiger partial charge in [-0.25, -0.2) is 0 Å². The molecule has 0 saturated heterocycles. The highest BCUT2D eigenvalue weighted by atomic mass is 79.9. The zero-order valence-corrected chi connectivity index (χ0v) is 12.5. The third-order valence-electron chi connectivity index (χ3n) is 4.16. The van der Waals surface area contributed by atoms with Crippen LogP contribution < -0.4 is 0 Å². The lowest BCUT2D eigenvalue weighted by Gasteiger charge is -2.14. The Morgan fingerprint density at radius 2 is 1.32 bits per heavy atom. The first-order valence-electron chi connectivity index (χ1n) is 6.50. The van der Waals surface area contributed by atoms with Gasteiger partial charge in [0.25, 0.3) is 0 Å². The molecular formula is C18H13Br. The van der Waals surface area contributed by atoms with E-state index < -0.39 is 0 Å². The van der Waals surface area contributed by atoms with Crippen molar-refractivity contribution in [3.8, 4) is 0 Å². The van der Waals surface area contributed by atoms with Gasteiger partial charge in [-0.15, -0.1) is 0 Å². The van der Waals surface area contributed by atoms with Crippen molar-refractivity contribution in [1.29, 1.82) is 0 Å². The van der Waals surface area contributed by atoms with Crippen molar-refractivity contribution >= 4 is 48.2 Å². The van der Waals surface area contributed by atoms with Crippen molar-refractivity contribution in [1.82, 2.24) is 0 Å². The minimum absolute atomic E-state index is 1.19. The van der Waals surface area contributed by atoms with Gasteiger partial charge in [0.2, 0.25) is 0 Å². The number of benzene rings is 4. The molecule has 0 saturated carbocycles. The summed E-state index contributed by atoms with van der Waals surface area (Å²) in [5.41, 5.74) is 2.68. The van der Waals surface area contributed by atoms with E-state index in [1.54, 1.807) is 0 Å². The summed E-state index contributed by atoms with van der Waals surface area (Å²) in [6, 6.07) is 15.6. The summed E-state index contributed by atoms with van der Waals surface area (Å²) in [6.07, 6.45) is 0. The summed E-state index contributed by atoms with van der Waals surface area (Å²) < 4.78 is 1.19. The summed E-state index contributed by atoms with van der Waals surface area (Å²) in [6.45, 7) is 4.37. The molecule has 19 heavy (non-hydrogen) atoms. The van der Waals surface area contributed by atoms with Crippen LogP contribution in [0.25, 0.3) is 32.3 Å². The van der Waals surface area contributed by atoms with Crippen LogP contribution in [-0.2, 0) is 0 Å². The molecule has 0 radical (unpaired) electrons. The molecule has 0 amide bonds. The highest BCUT2D eigenvalue weighted by Gasteiger charge is 2.12. The van der Waals surface area contributed by atoms with Crippen LogP contribution >= 0.6 is 15.9 Å². The standard InChI is InChI=1S/C18H13Br/c1-10-3-4-12-5-6-14-11(2)9-16(19)15-8-7-13(10)17(12)18(14)15/h3-9H,1-2H3. The summed E-state index contributed by atoms with van der Waals surface area (Å²) in [4.78, 5) is 0. The summed E-state index contributed by atoms with van der Waals surface area (Å²) in [7, 11) is 0. The van der Waals surface area contributed by atoms with Gasteiger partial charge in [0.1, 0.15) is 0 Å². The van der Waals surface area contributed by atoms with Crippen molar-refractivity contribution in [2.45, 2.75) is 13.8 Å². The fourth-order valence-corrected chi connectivity index (χ4v) is 3.84. The zero-order chi connectivity index (χ0) is 13.1. The maximum absolute atomic E-state index is 3.71. The van der Waals surface area contributed by atoms with Gasteiger partial charge in [0.15, 0.2) is 0 Å². The van der Waals surface area contributed by atoms with Gasteiger partial charge in [-0.05, 0) is 63.4 Å². The first-order chi connectivity index (χ1) is 9.16. The molecular weight excluding hydrogens is 296 g/mol. The van der Waals surface area contributed by atoms with Gasteiger partial charge in [0, 0.05) is 4.47 Å². The van der Waals surface area contributed by atoms with Gasteiger partial charge in [-0.2, -0.15) is 0 Å². The highest BCUT2D eigenvalue weighted by molar-refractivity contribution is 9.10. The van der Waals surface area contributed by atoms with E-state index in [0.29, 0.717) is 0 Å². The molecule has 0 unspecified atom stereocenters. The number of hydrogen-bond acceptors (Lipinski definition) is 0. The van der Waals surface area contributed by atoms with Gasteiger partial charge in [-0.1, -0.05) is 52.3 Å². The molecule has 92 valence electrons. The van der Waals surface area contributed by atoms with E-state index in [0.717, 1.165) is 0 Å². The van der Waals surface area contributed by atoms with E-state index in [1.165, 1.54) is 47.9 Å². The van der Waals surface area contributed by atoms with Gasteiger partial charge >= 0.3 is 0 Å². The SMILES string of the molecule is Cc1ccc2ccc3c(C)cc(Br)c4ccc1c2c34. The Balaban J connectivity index is 2.47. The Labute approximate surface area is 120 Å². The van der Waals surface area contributed by atoms with Gasteiger partial charge in [-0.3, -0.25) is 0 Å². The first-order valence-corrected chi connectivity index (χ1v) is 7.29. The minimum atomic E-state index is 1.19. The first kappa shape index (κ1) is 11.2. The second-order valence-corrected chi connectivity index (χ2v) is 6.16. The van der Waals surface area contributed by atoms with Crippen molar-refractivity contribution in [3.63, 3.8) is 0 Å². The molecule has 0 aliphatic heterocycles. The zero-order valence-electron chi connectivity index (χ0n) is 10.9. The predicted molar refractivity (Wildman–Crippen MR) is 87.3 cm³/mol. The molecule has 0 fully saturated rings. The fourth-order valence-electron chi connectivity index (χ4n) is 3.17. The van der Waals surface area contributed by atoms with E-state index in [9.17, 15) is 0 Å². The quantitative estimate of drug-likeness (QED) is 0.351. The summed E-state index contributed by atoms with van der Waals surface area (Å²) in [5.74, 6) is 0. The number of rotatable bonds is 0. The van der Waals surface area contributed by atoms with E-state index >= 15 is 0 Å². The summed E-state index contributed by atoms with van der Waals surface area (Å²) >= 11 is 3.71. The monoisotopic (exact) mass is 308 g/mol. The van der Waals surface area contributed by atoms with Crippen molar-refractivity contribution in [3.05, 3.63) is 58.1 Å². The summed E-state index contributed by atoms with van der Waals surface area (Å²) in [5, 5.41) is 8.17. The van der Waals surface area contributed by atoms with Crippen LogP contribution in [0.15, 0.2) is 46.9 Å². The third-order valence-corrected chi connectivity index (χ3v) is 4.81. The van der Waals surface area contributed by atoms with Crippen molar-refractivity contribution in [2.75, 3.05) is 0 Å². The largest absolute Gasteiger partial charge is 0.0581 e. The Kier molecular flexibility index (Phi) is 2.19. The van der Waals surface area contributed by atoms with Crippen molar-refractivity contribution < 1.29 is 0 Å². The topological polar surface area (TPSA) is 0 Å². The van der Waals surface area contributed by atoms with Crippen LogP contribution in [0.4, 0.5) is 0 Å². The minimum Gasteiger partial charge on any atom is -0.0581 e. The van der Waals surface area contributed by atoms with Crippen LogP contribution in [-0.4, -0.2) is 0 Å². The smallest absolute Gasteiger partial charge is 0.0257 e. The normalized spacial score (nSPS) is 11.9. The molecule has 0 bridgehead atoms. The Hall–Kier alpha value is -1.60. The Morgan fingerprint density at radius 1 is 0.684 bits per heavy atom. The van der Waals surface area contributed by atoms with E-state index in [4.69, 9.17) is 0 Å². The molecule has 0 nitrogen and oxygen atoms in total. The van der Waals surface area contributed by atoms with Crippen LogP contribution in [0.5, 0.6) is 0 Å². The molecule has 0 aliphatic carbocycles. The van der Waals surface area contributed by atoms with E-state index in [2.05, 4.69) is 72.2 Å². The molecule has 4 aromatic rings. The van der Waals surface area contributed by atoms with Crippen LogP contribution in [0, 0.1) is 13.8 Å². The maximum Gasteiger partial charge on any atom is 0.0257 e. The van der Waals surface area contributed by atoms with Crippen LogP contribution in [0.2, 0.25) is 0 Å². The van der Waals surface area contributed by atoms with E-state index in [1.807, 2.05) is 0 Å². The molecule has 0 aliphatic rings. The Bertz CT molecular complexity index is 913. The number of hydrogen-bond donors (Lipinski definition) is 0. The van der Waals surface area contributed by atoms with Crippen molar-refractivity contribution in [2.24, 2.45) is 0 Å². The molecule has 0 aromatic heterocycles. The lowest BCUT2D eigenvalue weighted by Crippen LogP contribution is -1.88. The average molecular weight is 309 g/mol. The molecule has 0 spiro atoms. The Morgan fingerprint density at radius 3 is 2.16 bits per heavy atom. The molecule has 0 atom stereocenters. The van der Waals surface area contributed by atoms with Crippen LogP contribution in [0.3, 0.4) is 0 Å². The second-order valence-electron chi connectivity index (χ2n) is 5.30. The molecule has 0 heterocycles. The lowest BCUT2D eigenvalue weighted by atomic mass is 9.91. The fraction of sp³-hybridized carbons (Fsp3) is 0.111. The second kappa shape index (κ2) is 3.71. The molecule has 0 N–H and O–H groups in total. The van der Waals surface area contributed by atoms with Gasteiger partial charge in [0.05, 0.1) is 0 Å². The maximum atomic E-state index is 3.71. The number of halogens is 1. The molecule has 4 rings (SSSR count). The molecule has 1 heteroatoms. The average Bonchev–Trinajstić information content (AvgIpc) is 2.41.